The monoisotopic (exact) mass is 353 g/mol. The molecule has 25 heavy (non-hydrogen) atoms. The number of benzene rings is 2. The predicted molar refractivity (Wildman–Crippen MR) is 97.7 cm³/mol. The maximum Gasteiger partial charge on any atom is 0.250 e. The summed E-state index contributed by atoms with van der Waals surface area (Å²) in [5.41, 5.74) is 1.72. The van der Waals surface area contributed by atoms with Crippen LogP contribution in [0, 0.1) is 0 Å². The van der Waals surface area contributed by atoms with Gasteiger partial charge in [0, 0.05) is 28.4 Å². The van der Waals surface area contributed by atoms with E-state index in [1.807, 2.05) is 12.1 Å². The highest BCUT2D eigenvalue weighted by atomic mass is 35.5. The van der Waals surface area contributed by atoms with Crippen molar-refractivity contribution in [1.29, 1.82) is 0 Å². The van der Waals surface area contributed by atoms with Gasteiger partial charge in [-0.1, -0.05) is 35.9 Å². The molecule has 0 aliphatic heterocycles. The number of methoxy groups -OCH3 is 1. The van der Waals surface area contributed by atoms with Crippen molar-refractivity contribution in [3.05, 3.63) is 98.9 Å². The van der Waals surface area contributed by atoms with Crippen LogP contribution in [0.15, 0.2) is 71.7 Å². The van der Waals surface area contributed by atoms with Crippen LogP contribution in [0.1, 0.15) is 21.5 Å². The smallest absolute Gasteiger partial charge is 0.250 e. The molecule has 0 radical (unpaired) electrons. The molecule has 4 nitrogen and oxygen atoms in total. The molecule has 0 fully saturated rings. The first-order valence-corrected chi connectivity index (χ1v) is 8.08. The van der Waals surface area contributed by atoms with Crippen molar-refractivity contribution in [2.45, 2.75) is 6.54 Å². The zero-order valence-electron chi connectivity index (χ0n) is 13.6. The molecule has 0 saturated carbocycles. The normalized spacial score (nSPS) is 10.5. The van der Waals surface area contributed by atoms with Gasteiger partial charge in [-0.2, -0.15) is 0 Å². The van der Waals surface area contributed by atoms with Gasteiger partial charge in [-0.05, 0) is 35.9 Å². The van der Waals surface area contributed by atoms with Crippen LogP contribution in [0.2, 0.25) is 5.02 Å². The van der Waals surface area contributed by atoms with Crippen LogP contribution in [0.5, 0.6) is 5.75 Å². The minimum Gasteiger partial charge on any atom is -0.497 e. The number of aromatic nitrogens is 1. The molecule has 1 aromatic heterocycles. The summed E-state index contributed by atoms with van der Waals surface area (Å²) in [7, 11) is 1.55. The summed E-state index contributed by atoms with van der Waals surface area (Å²) in [6.45, 7) is 0.370. The molecule has 0 bridgehead atoms. The average molecular weight is 354 g/mol. The largest absolute Gasteiger partial charge is 0.497 e. The van der Waals surface area contributed by atoms with Crippen molar-refractivity contribution in [1.82, 2.24) is 4.57 Å². The summed E-state index contributed by atoms with van der Waals surface area (Å²) in [5.74, 6) is 0.448. The molecule has 0 spiro atoms. The van der Waals surface area contributed by atoms with Gasteiger partial charge < -0.3 is 9.30 Å². The third kappa shape index (κ3) is 3.98. The lowest BCUT2D eigenvalue weighted by Crippen LogP contribution is -2.21. The summed E-state index contributed by atoms with van der Waals surface area (Å²) in [6.07, 6.45) is 1.58. The number of rotatable bonds is 5. The van der Waals surface area contributed by atoms with Crippen molar-refractivity contribution < 1.29 is 9.53 Å². The van der Waals surface area contributed by atoms with Gasteiger partial charge in [0.1, 0.15) is 5.75 Å². The van der Waals surface area contributed by atoms with E-state index >= 15 is 0 Å². The van der Waals surface area contributed by atoms with Crippen LogP contribution in [0.3, 0.4) is 0 Å². The van der Waals surface area contributed by atoms with E-state index in [0.29, 0.717) is 28.4 Å². The Morgan fingerprint density at radius 2 is 1.80 bits per heavy atom. The Bertz CT molecular complexity index is 961. The molecular weight excluding hydrogens is 338 g/mol. The Labute approximate surface area is 150 Å². The molecule has 5 heteroatoms. The number of carbonyl (C=O) groups is 1. The standard InChI is InChI=1S/C20H16ClNO3/c1-25-18-4-2-3-15(11-18)20(24)16-7-10-19(23)22(13-16)12-14-5-8-17(21)9-6-14/h2-11,13H,12H2,1H3. The van der Waals surface area contributed by atoms with Gasteiger partial charge in [-0.3, -0.25) is 9.59 Å². The zero-order chi connectivity index (χ0) is 17.8. The Morgan fingerprint density at radius 3 is 2.52 bits per heavy atom. The van der Waals surface area contributed by atoms with Crippen LogP contribution in [-0.2, 0) is 6.54 Å². The second-order valence-corrected chi connectivity index (χ2v) is 6.01. The van der Waals surface area contributed by atoms with E-state index in [-0.39, 0.29) is 11.3 Å². The lowest BCUT2D eigenvalue weighted by molar-refractivity contribution is 0.103. The summed E-state index contributed by atoms with van der Waals surface area (Å²) < 4.78 is 6.66. The first kappa shape index (κ1) is 17.0. The fraction of sp³-hybridized carbons (Fsp3) is 0.100. The van der Waals surface area contributed by atoms with E-state index in [1.54, 1.807) is 55.8 Å². The van der Waals surface area contributed by atoms with Gasteiger partial charge in [0.05, 0.1) is 13.7 Å². The highest BCUT2D eigenvalue weighted by Gasteiger charge is 2.11. The summed E-state index contributed by atoms with van der Waals surface area (Å²) in [4.78, 5) is 24.8. The SMILES string of the molecule is COc1cccc(C(=O)c2ccc(=O)n(Cc3ccc(Cl)cc3)c2)c1. The zero-order valence-corrected chi connectivity index (χ0v) is 14.4. The third-order valence-electron chi connectivity index (χ3n) is 3.84. The lowest BCUT2D eigenvalue weighted by Gasteiger charge is -2.09. The van der Waals surface area contributed by atoms with Crippen LogP contribution >= 0.6 is 11.6 Å². The highest BCUT2D eigenvalue weighted by Crippen LogP contribution is 2.16. The minimum absolute atomic E-state index is 0.163. The van der Waals surface area contributed by atoms with E-state index < -0.39 is 0 Å². The van der Waals surface area contributed by atoms with Crippen molar-refractivity contribution >= 4 is 17.4 Å². The van der Waals surface area contributed by atoms with E-state index in [0.717, 1.165) is 5.56 Å². The molecule has 2 aromatic carbocycles. The van der Waals surface area contributed by atoms with Crippen molar-refractivity contribution in [2.24, 2.45) is 0 Å². The van der Waals surface area contributed by atoms with Crippen LogP contribution < -0.4 is 10.3 Å². The number of nitrogens with zero attached hydrogens (tertiary/aromatic N) is 1. The Morgan fingerprint density at radius 1 is 1.04 bits per heavy atom. The molecule has 126 valence electrons. The summed E-state index contributed by atoms with van der Waals surface area (Å²) >= 11 is 5.88. The van der Waals surface area contributed by atoms with Crippen LogP contribution in [0.25, 0.3) is 0 Å². The van der Waals surface area contributed by atoms with Gasteiger partial charge in [0.15, 0.2) is 5.78 Å². The molecule has 1 heterocycles. The predicted octanol–water partition coefficient (Wildman–Crippen LogP) is 3.79. The second-order valence-electron chi connectivity index (χ2n) is 5.57. The first-order valence-electron chi connectivity index (χ1n) is 7.70. The first-order chi connectivity index (χ1) is 12.1. The molecule has 0 aliphatic rings. The average Bonchev–Trinajstić information content (AvgIpc) is 2.65. The second kappa shape index (κ2) is 7.36. The van der Waals surface area contributed by atoms with Gasteiger partial charge in [-0.25, -0.2) is 0 Å². The molecular formula is C20H16ClNO3. The highest BCUT2D eigenvalue weighted by molar-refractivity contribution is 6.30. The fourth-order valence-corrected chi connectivity index (χ4v) is 2.63. The number of hydrogen-bond acceptors (Lipinski definition) is 3. The van der Waals surface area contributed by atoms with Crippen molar-refractivity contribution in [2.75, 3.05) is 7.11 Å². The number of pyridine rings is 1. The molecule has 0 saturated heterocycles. The van der Waals surface area contributed by atoms with Gasteiger partial charge >= 0.3 is 0 Å². The number of hydrogen-bond donors (Lipinski definition) is 0. The maximum absolute atomic E-state index is 12.7. The van der Waals surface area contributed by atoms with E-state index in [2.05, 4.69) is 0 Å². The molecule has 0 unspecified atom stereocenters. The van der Waals surface area contributed by atoms with Crippen LogP contribution in [-0.4, -0.2) is 17.5 Å². The van der Waals surface area contributed by atoms with Gasteiger partial charge in [0.25, 0.3) is 5.56 Å². The van der Waals surface area contributed by atoms with Gasteiger partial charge in [0.2, 0.25) is 0 Å². The molecule has 3 rings (SSSR count). The number of ketones is 1. The topological polar surface area (TPSA) is 48.3 Å². The number of carbonyl (C=O) groups excluding carboxylic acids is 1. The molecule has 3 aromatic rings. The lowest BCUT2D eigenvalue weighted by atomic mass is 10.0. The van der Waals surface area contributed by atoms with E-state index in [1.165, 1.54) is 10.6 Å². The number of halogens is 1. The van der Waals surface area contributed by atoms with Crippen LogP contribution in [0.4, 0.5) is 0 Å². The van der Waals surface area contributed by atoms with Crippen molar-refractivity contribution in [3.63, 3.8) is 0 Å². The number of ether oxygens (including phenoxy) is 1. The molecule has 0 N–H and O–H groups in total. The fourth-order valence-electron chi connectivity index (χ4n) is 2.51. The molecule has 0 amide bonds. The Hall–Kier alpha value is -2.85. The van der Waals surface area contributed by atoms with E-state index in [4.69, 9.17) is 16.3 Å². The molecule has 0 aliphatic carbocycles. The van der Waals surface area contributed by atoms with Gasteiger partial charge in [-0.15, -0.1) is 0 Å². The Balaban J connectivity index is 1.91. The quantitative estimate of drug-likeness (QED) is 0.656. The summed E-state index contributed by atoms with van der Waals surface area (Å²) in [6, 6.07) is 17.1. The van der Waals surface area contributed by atoms with Crippen molar-refractivity contribution in [3.8, 4) is 5.75 Å². The third-order valence-corrected chi connectivity index (χ3v) is 4.10. The molecule has 0 atom stereocenters. The summed E-state index contributed by atoms with van der Waals surface area (Å²) in [5, 5.41) is 0.637. The minimum atomic E-state index is -0.169. The van der Waals surface area contributed by atoms with E-state index in [9.17, 15) is 9.59 Å². The Kier molecular flexibility index (Phi) is 5.00. The maximum atomic E-state index is 12.7.